The van der Waals surface area contributed by atoms with Gasteiger partial charge in [-0.05, 0) is 18.2 Å². The Labute approximate surface area is 139 Å². The standard InChI is InChI=1S/C17H16ClNO2S/c1-12(20)19-14-7-3-5-9-16(14)22-17(19)13-6-2-4-8-15(13)21-11-10-18/h2-9,17H,10-11H2,1H3. The lowest BCUT2D eigenvalue weighted by Gasteiger charge is -2.25. The number of carbonyl (C=O) groups excluding carboxylic acids is 1. The maximum Gasteiger partial charge on any atom is 0.225 e. The van der Waals surface area contributed by atoms with Crippen LogP contribution in [0.25, 0.3) is 0 Å². The highest BCUT2D eigenvalue weighted by Gasteiger charge is 2.35. The number of alkyl halides is 1. The SMILES string of the molecule is CC(=O)N1c2ccccc2SC1c1ccccc1OCCCl. The number of nitrogens with zero attached hydrogens (tertiary/aromatic N) is 1. The molecule has 0 aromatic heterocycles. The van der Waals surface area contributed by atoms with E-state index in [1.54, 1.807) is 18.7 Å². The molecular formula is C17H16ClNO2S. The number of para-hydroxylation sites is 2. The first kappa shape index (κ1) is 15.3. The van der Waals surface area contributed by atoms with Gasteiger partial charge >= 0.3 is 0 Å². The summed E-state index contributed by atoms with van der Waals surface area (Å²) in [6.07, 6.45) is 0. The van der Waals surface area contributed by atoms with E-state index in [2.05, 4.69) is 0 Å². The molecule has 3 nitrogen and oxygen atoms in total. The first-order valence-corrected chi connectivity index (χ1v) is 8.47. The molecule has 0 saturated heterocycles. The molecule has 0 fully saturated rings. The molecular weight excluding hydrogens is 318 g/mol. The van der Waals surface area contributed by atoms with E-state index in [4.69, 9.17) is 16.3 Å². The summed E-state index contributed by atoms with van der Waals surface area (Å²) in [5, 5.41) is -0.110. The average Bonchev–Trinajstić information content (AvgIpc) is 2.92. The molecule has 3 rings (SSSR count). The number of rotatable bonds is 4. The summed E-state index contributed by atoms with van der Waals surface area (Å²) in [6.45, 7) is 2.04. The summed E-state index contributed by atoms with van der Waals surface area (Å²) in [5.74, 6) is 1.23. The van der Waals surface area contributed by atoms with Gasteiger partial charge in [0.1, 0.15) is 17.7 Å². The van der Waals surface area contributed by atoms with Crippen molar-refractivity contribution in [2.75, 3.05) is 17.4 Å². The Kier molecular flexibility index (Phi) is 4.60. The Hall–Kier alpha value is -1.65. The number of benzene rings is 2. The molecule has 1 aliphatic heterocycles. The fraction of sp³-hybridized carbons (Fsp3) is 0.235. The molecule has 1 heterocycles. The average molecular weight is 334 g/mol. The topological polar surface area (TPSA) is 29.5 Å². The fourth-order valence-electron chi connectivity index (χ4n) is 2.56. The van der Waals surface area contributed by atoms with Crippen LogP contribution in [-0.4, -0.2) is 18.4 Å². The van der Waals surface area contributed by atoms with Gasteiger partial charge in [0.05, 0.1) is 11.6 Å². The van der Waals surface area contributed by atoms with E-state index in [-0.39, 0.29) is 11.3 Å². The summed E-state index contributed by atoms with van der Waals surface area (Å²) in [7, 11) is 0. The van der Waals surface area contributed by atoms with E-state index in [0.29, 0.717) is 12.5 Å². The predicted octanol–water partition coefficient (Wildman–Crippen LogP) is 4.46. The lowest BCUT2D eigenvalue weighted by molar-refractivity contribution is -0.116. The number of hydrogen-bond donors (Lipinski definition) is 0. The van der Waals surface area contributed by atoms with Crippen molar-refractivity contribution in [3.63, 3.8) is 0 Å². The fourth-order valence-corrected chi connectivity index (χ4v) is 4.01. The van der Waals surface area contributed by atoms with Gasteiger partial charge in [-0.15, -0.1) is 11.6 Å². The minimum absolute atomic E-state index is 0.0228. The molecule has 0 saturated carbocycles. The number of hydrogen-bond acceptors (Lipinski definition) is 3. The van der Waals surface area contributed by atoms with Crippen molar-refractivity contribution >= 4 is 35.0 Å². The highest BCUT2D eigenvalue weighted by Crippen LogP contribution is 2.52. The zero-order valence-electron chi connectivity index (χ0n) is 12.2. The molecule has 1 atom stereocenters. The van der Waals surface area contributed by atoms with E-state index in [1.807, 2.05) is 53.4 Å². The molecule has 1 unspecified atom stereocenters. The third-order valence-electron chi connectivity index (χ3n) is 3.46. The number of amides is 1. The molecule has 1 amide bonds. The van der Waals surface area contributed by atoms with Gasteiger partial charge < -0.3 is 4.74 Å². The molecule has 0 N–H and O–H groups in total. The Morgan fingerprint density at radius 2 is 1.95 bits per heavy atom. The Balaban J connectivity index is 2.00. The summed E-state index contributed by atoms with van der Waals surface area (Å²) >= 11 is 7.39. The van der Waals surface area contributed by atoms with Crippen LogP contribution in [0, 0.1) is 0 Å². The number of halogens is 1. The van der Waals surface area contributed by atoms with Gasteiger partial charge in [-0.1, -0.05) is 42.1 Å². The van der Waals surface area contributed by atoms with Crippen LogP contribution >= 0.6 is 23.4 Å². The minimum Gasteiger partial charge on any atom is -0.492 e. The maximum absolute atomic E-state index is 12.2. The second-order valence-corrected chi connectivity index (χ2v) is 6.40. The number of carbonyl (C=O) groups is 1. The molecule has 0 aliphatic carbocycles. The van der Waals surface area contributed by atoms with Crippen molar-refractivity contribution in [1.29, 1.82) is 0 Å². The lowest BCUT2D eigenvalue weighted by Crippen LogP contribution is -2.28. The largest absolute Gasteiger partial charge is 0.492 e. The smallest absolute Gasteiger partial charge is 0.225 e. The minimum atomic E-state index is -0.110. The zero-order chi connectivity index (χ0) is 15.5. The molecule has 2 aromatic rings. The van der Waals surface area contributed by atoms with Crippen LogP contribution in [-0.2, 0) is 4.79 Å². The number of ether oxygens (including phenoxy) is 1. The van der Waals surface area contributed by atoms with Crippen molar-refractivity contribution in [2.45, 2.75) is 17.2 Å². The van der Waals surface area contributed by atoms with Crippen LogP contribution in [0.5, 0.6) is 5.75 Å². The number of anilines is 1. The predicted molar refractivity (Wildman–Crippen MR) is 90.9 cm³/mol. The van der Waals surface area contributed by atoms with Crippen LogP contribution in [0.2, 0.25) is 0 Å². The van der Waals surface area contributed by atoms with Crippen LogP contribution in [0.1, 0.15) is 17.9 Å². The second kappa shape index (κ2) is 6.63. The molecule has 114 valence electrons. The van der Waals surface area contributed by atoms with Crippen molar-refractivity contribution in [3.05, 3.63) is 54.1 Å². The maximum atomic E-state index is 12.2. The lowest BCUT2D eigenvalue weighted by atomic mass is 10.1. The van der Waals surface area contributed by atoms with E-state index in [0.717, 1.165) is 21.9 Å². The van der Waals surface area contributed by atoms with Gasteiger partial charge in [0.15, 0.2) is 0 Å². The van der Waals surface area contributed by atoms with Gasteiger partial charge in [-0.25, -0.2) is 0 Å². The summed E-state index contributed by atoms with van der Waals surface area (Å²) in [5.41, 5.74) is 1.95. The Morgan fingerprint density at radius 3 is 2.73 bits per heavy atom. The Morgan fingerprint density at radius 1 is 1.23 bits per heavy atom. The monoisotopic (exact) mass is 333 g/mol. The first-order valence-electron chi connectivity index (χ1n) is 7.05. The number of fused-ring (bicyclic) bond motifs is 1. The van der Waals surface area contributed by atoms with Crippen molar-refractivity contribution in [1.82, 2.24) is 0 Å². The highest BCUT2D eigenvalue weighted by molar-refractivity contribution is 8.00. The van der Waals surface area contributed by atoms with Crippen LogP contribution < -0.4 is 9.64 Å². The van der Waals surface area contributed by atoms with E-state index >= 15 is 0 Å². The summed E-state index contributed by atoms with van der Waals surface area (Å²) in [6, 6.07) is 15.8. The van der Waals surface area contributed by atoms with E-state index in [9.17, 15) is 4.79 Å². The quantitative estimate of drug-likeness (QED) is 0.773. The molecule has 22 heavy (non-hydrogen) atoms. The molecule has 1 aliphatic rings. The number of thioether (sulfide) groups is 1. The highest BCUT2D eigenvalue weighted by atomic mass is 35.5. The van der Waals surface area contributed by atoms with Gasteiger partial charge in [0.2, 0.25) is 5.91 Å². The Bertz CT molecular complexity index is 692. The summed E-state index contributed by atoms with van der Waals surface area (Å²) < 4.78 is 5.74. The summed E-state index contributed by atoms with van der Waals surface area (Å²) in [4.78, 5) is 15.1. The molecule has 0 radical (unpaired) electrons. The van der Waals surface area contributed by atoms with Gasteiger partial charge in [0, 0.05) is 17.4 Å². The van der Waals surface area contributed by atoms with E-state index in [1.165, 1.54) is 0 Å². The molecule has 5 heteroatoms. The zero-order valence-corrected chi connectivity index (χ0v) is 13.7. The van der Waals surface area contributed by atoms with E-state index < -0.39 is 0 Å². The third kappa shape index (κ3) is 2.81. The second-order valence-electron chi connectivity index (χ2n) is 4.90. The van der Waals surface area contributed by atoms with Gasteiger partial charge in [0.25, 0.3) is 0 Å². The van der Waals surface area contributed by atoms with Crippen LogP contribution in [0.15, 0.2) is 53.4 Å². The molecule has 0 spiro atoms. The molecule has 2 aromatic carbocycles. The van der Waals surface area contributed by atoms with Crippen LogP contribution in [0.3, 0.4) is 0 Å². The van der Waals surface area contributed by atoms with Crippen LogP contribution in [0.4, 0.5) is 5.69 Å². The normalized spacial score (nSPS) is 16.5. The first-order chi connectivity index (χ1) is 10.7. The van der Waals surface area contributed by atoms with Gasteiger partial charge in [-0.3, -0.25) is 9.69 Å². The van der Waals surface area contributed by atoms with Crippen molar-refractivity contribution in [3.8, 4) is 5.75 Å². The van der Waals surface area contributed by atoms with Crippen molar-refractivity contribution < 1.29 is 9.53 Å². The van der Waals surface area contributed by atoms with Crippen molar-refractivity contribution in [2.24, 2.45) is 0 Å². The molecule has 0 bridgehead atoms. The third-order valence-corrected chi connectivity index (χ3v) is 4.90. The van der Waals surface area contributed by atoms with Gasteiger partial charge in [-0.2, -0.15) is 0 Å².